The molecule has 4 atom stereocenters. The molecule has 1 aliphatic heterocycles. The van der Waals surface area contributed by atoms with Gasteiger partial charge in [-0.3, -0.25) is 29.0 Å². The number of piperidine rings is 1. The predicted molar refractivity (Wildman–Crippen MR) is 138 cm³/mol. The summed E-state index contributed by atoms with van der Waals surface area (Å²) in [7, 11) is 3.14. The largest absolute Gasteiger partial charge is 0.510 e. The minimum Gasteiger partial charge on any atom is -0.510 e. The summed E-state index contributed by atoms with van der Waals surface area (Å²) in [6.07, 6.45) is 3.18. The van der Waals surface area contributed by atoms with E-state index in [1.807, 2.05) is 0 Å². The van der Waals surface area contributed by atoms with Crippen LogP contribution in [0.15, 0.2) is 34.8 Å². The van der Waals surface area contributed by atoms with Gasteiger partial charge in [0.25, 0.3) is 5.91 Å². The first-order chi connectivity index (χ1) is 18.4. The van der Waals surface area contributed by atoms with E-state index in [0.717, 1.165) is 32.4 Å². The molecule has 4 aliphatic rings. The number of nitrogens with zero attached hydrogens (tertiary/aromatic N) is 2. The Bertz CT molecular complexity index is 1360. The number of rotatable bonds is 5. The molecule has 1 fully saturated rings. The van der Waals surface area contributed by atoms with Gasteiger partial charge in [-0.2, -0.15) is 0 Å². The fraction of sp³-hybridized carbons (Fsp3) is 0.500. The number of primary amides is 1. The van der Waals surface area contributed by atoms with Gasteiger partial charge in [-0.25, -0.2) is 0 Å². The lowest BCUT2D eigenvalue weighted by Gasteiger charge is -2.50. The number of amides is 1. The van der Waals surface area contributed by atoms with E-state index in [9.17, 15) is 39.6 Å². The summed E-state index contributed by atoms with van der Waals surface area (Å²) >= 11 is 0. The Morgan fingerprint density at radius 3 is 2.38 bits per heavy atom. The molecule has 5 rings (SSSR count). The summed E-state index contributed by atoms with van der Waals surface area (Å²) in [5, 5.41) is 44.5. The summed E-state index contributed by atoms with van der Waals surface area (Å²) in [4.78, 5) is 56.1. The van der Waals surface area contributed by atoms with Crippen molar-refractivity contribution in [3.8, 4) is 5.75 Å². The number of aliphatic hydroxyl groups excluding tert-OH is 2. The number of ketones is 3. The number of fused-ring (bicyclic) bond motifs is 3. The number of benzene rings is 1. The van der Waals surface area contributed by atoms with Gasteiger partial charge in [0.15, 0.2) is 17.2 Å². The first kappa shape index (κ1) is 27.0. The Balaban J connectivity index is 1.62. The number of allylic oxidation sites excluding steroid dienone is 1. The number of aromatic hydroxyl groups is 1. The lowest BCUT2D eigenvalue weighted by Crippen LogP contribution is -2.63. The van der Waals surface area contributed by atoms with Gasteiger partial charge in [0.2, 0.25) is 5.78 Å². The number of carbonyl (C=O) groups is 4. The molecule has 6 N–H and O–H groups in total. The molecule has 1 heterocycles. The number of phenolic OH excluding ortho intramolecular Hbond substituents is 1. The fourth-order valence-corrected chi connectivity index (χ4v) is 6.92. The number of Topliss-reactive ketones (excluding diaryl/α,β-unsaturated/α-hetero) is 3. The van der Waals surface area contributed by atoms with E-state index in [0.29, 0.717) is 11.1 Å². The van der Waals surface area contributed by atoms with Crippen LogP contribution in [0, 0.1) is 11.8 Å². The maximum atomic E-state index is 13.8. The van der Waals surface area contributed by atoms with Gasteiger partial charge >= 0.3 is 0 Å². The Morgan fingerprint density at radius 2 is 1.77 bits per heavy atom. The van der Waals surface area contributed by atoms with Crippen LogP contribution in [0.5, 0.6) is 5.75 Å². The Hall–Kier alpha value is -3.54. The highest BCUT2D eigenvalue weighted by Gasteiger charge is 2.63. The second-order valence-corrected chi connectivity index (χ2v) is 11.2. The van der Waals surface area contributed by atoms with Gasteiger partial charge < -0.3 is 26.2 Å². The number of likely N-dealkylation sites (tertiary alicyclic amines) is 1. The lowest BCUT2D eigenvalue weighted by molar-refractivity contribution is -0.148. The Kier molecular flexibility index (Phi) is 6.64. The average molecular weight is 540 g/mol. The molecule has 0 aromatic heterocycles. The number of aliphatic hydroxyl groups is 3. The van der Waals surface area contributed by atoms with Crippen molar-refractivity contribution in [2.45, 2.75) is 43.7 Å². The molecule has 0 spiro atoms. The smallest absolute Gasteiger partial charge is 0.255 e. The lowest BCUT2D eigenvalue weighted by atomic mass is 9.58. The van der Waals surface area contributed by atoms with Crippen molar-refractivity contribution in [3.63, 3.8) is 0 Å². The van der Waals surface area contributed by atoms with E-state index in [1.54, 1.807) is 14.1 Å². The van der Waals surface area contributed by atoms with Crippen molar-refractivity contribution < 1.29 is 39.6 Å². The molecule has 0 bridgehead atoms. The summed E-state index contributed by atoms with van der Waals surface area (Å²) in [6.45, 7) is 1.79. The maximum Gasteiger partial charge on any atom is 0.255 e. The van der Waals surface area contributed by atoms with Crippen LogP contribution in [-0.4, -0.2) is 98.9 Å². The Morgan fingerprint density at radius 1 is 1.10 bits per heavy atom. The second-order valence-electron chi connectivity index (χ2n) is 11.2. The third-order valence-corrected chi connectivity index (χ3v) is 8.72. The summed E-state index contributed by atoms with van der Waals surface area (Å²) < 4.78 is 0. The summed E-state index contributed by atoms with van der Waals surface area (Å²) in [6, 6.07) is 1.69. The summed E-state index contributed by atoms with van der Waals surface area (Å²) in [5.41, 5.74) is 2.08. The molecule has 3 aliphatic carbocycles. The first-order valence-electron chi connectivity index (χ1n) is 13.1. The van der Waals surface area contributed by atoms with Crippen LogP contribution in [0.1, 0.15) is 52.0 Å². The van der Waals surface area contributed by atoms with E-state index < -0.39 is 58.0 Å². The van der Waals surface area contributed by atoms with Crippen LogP contribution in [-0.2, 0) is 16.0 Å². The van der Waals surface area contributed by atoms with Gasteiger partial charge in [0, 0.05) is 17.1 Å². The van der Waals surface area contributed by atoms with E-state index in [4.69, 9.17) is 5.73 Å². The van der Waals surface area contributed by atoms with Crippen molar-refractivity contribution in [2.24, 2.45) is 17.6 Å². The van der Waals surface area contributed by atoms with E-state index in [-0.39, 0.29) is 42.1 Å². The standard InChI is InChI=1S/C28H33N3O8/c1-30(2)22-16-11-13-10-15-14(18(33)12-31-8-4-3-5-9-31)6-7-17(32)20(15)23(34)19(13)25(36)28(16,39)26(37)21(24(22)35)27(29)38/h6-7,13,16,22,32,35-36,39H,3-5,8-12H2,1-2H3,(H2,29,38)/t13-,16-,22+,28-/m0/s1. The molecule has 39 heavy (non-hydrogen) atoms. The van der Waals surface area contributed by atoms with Crippen molar-refractivity contribution in [2.75, 3.05) is 33.7 Å². The zero-order valence-electron chi connectivity index (χ0n) is 21.9. The van der Waals surface area contributed by atoms with Gasteiger partial charge in [0.1, 0.15) is 22.8 Å². The summed E-state index contributed by atoms with van der Waals surface area (Å²) in [5.74, 6) is -7.31. The highest BCUT2D eigenvalue weighted by atomic mass is 16.3. The number of hydrogen-bond acceptors (Lipinski definition) is 10. The minimum atomic E-state index is -2.69. The van der Waals surface area contributed by atoms with Crippen molar-refractivity contribution >= 4 is 23.3 Å². The van der Waals surface area contributed by atoms with Crippen molar-refractivity contribution in [1.29, 1.82) is 0 Å². The fourth-order valence-electron chi connectivity index (χ4n) is 6.92. The third-order valence-electron chi connectivity index (χ3n) is 8.72. The molecule has 208 valence electrons. The highest BCUT2D eigenvalue weighted by molar-refractivity contribution is 6.25. The van der Waals surface area contributed by atoms with Gasteiger partial charge in [0.05, 0.1) is 18.2 Å². The van der Waals surface area contributed by atoms with Gasteiger partial charge in [-0.15, -0.1) is 0 Å². The SMILES string of the molecule is CN(C)[C@H]1C(O)=C(C(N)=O)C(=O)[C@@]2(O)C(O)=C3C(=O)c4c(O)ccc(C(=O)CN5CCCCC5)c4C[C@H]3C[C@@H]12. The molecule has 11 heteroatoms. The number of nitrogens with two attached hydrogens (primary N) is 1. The molecule has 11 nitrogen and oxygen atoms in total. The molecule has 0 unspecified atom stereocenters. The molecule has 1 saturated heterocycles. The zero-order chi connectivity index (χ0) is 28.4. The molecule has 0 radical (unpaired) electrons. The topological polar surface area (TPSA) is 182 Å². The number of phenols is 1. The van der Waals surface area contributed by atoms with Crippen LogP contribution in [0.2, 0.25) is 0 Å². The van der Waals surface area contributed by atoms with Gasteiger partial charge in [-0.05, 0) is 76.5 Å². The maximum absolute atomic E-state index is 13.8. The van der Waals surface area contributed by atoms with Crippen molar-refractivity contribution in [1.82, 2.24) is 9.80 Å². The van der Waals surface area contributed by atoms with Gasteiger partial charge in [-0.1, -0.05) is 6.42 Å². The molecule has 1 aromatic carbocycles. The zero-order valence-corrected chi connectivity index (χ0v) is 21.9. The quantitative estimate of drug-likeness (QED) is 0.265. The number of likely N-dealkylation sites (N-methyl/N-ethyl adjacent to an activating group) is 1. The van der Waals surface area contributed by atoms with Crippen LogP contribution in [0.25, 0.3) is 0 Å². The van der Waals surface area contributed by atoms with Crippen LogP contribution >= 0.6 is 0 Å². The number of hydrogen-bond donors (Lipinski definition) is 5. The first-order valence-corrected chi connectivity index (χ1v) is 13.1. The molecule has 1 amide bonds. The monoisotopic (exact) mass is 539 g/mol. The third kappa shape index (κ3) is 3.98. The van der Waals surface area contributed by atoms with E-state index in [1.165, 1.54) is 17.0 Å². The number of carbonyl (C=O) groups excluding carboxylic acids is 4. The van der Waals surface area contributed by atoms with Crippen LogP contribution < -0.4 is 5.73 Å². The average Bonchev–Trinajstić information content (AvgIpc) is 2.86. The molecular formula is C28H33N3O8. The molecule has 0 saturated carbocycles. The van der Waals surface area contributed by atoms with Crippen LogP contribution in [0.4, 0.5) is 0 Å². The normalized spacial score (nSPS) is 29.3. The van der Waals surface area contributed by atoms with Crippen LogP contribution in [0.3, 0.4) is 0 Å². The Labute approximate surface area is 225 Å². The second kappa shape index (κ2) is 9.58. The minimum absolute atomic E-state index is 0.0266. The highest BCUT2D eigenvalue weighted by Crippen LogP contribution is 2.52. The molecule has 1 aromatic rings. The van der Waals surface area contributed by atoms with Crippen molar-refractivity contribution in [3.05, 3.63) is 51.5 Å². The van der Waals surface area contributed by atoms with E-state index in [2.05, 4.69) is 4.90 Å². The van der Waals surface area contributed by atoms with E-state index >= 15 is 0 Å². The molecular weight excluding hydrogens is 506 g/mol. The predicted octanol–water partition coefficient (Wildman–Crippen LogP) is 0.789.